The smallest absolute Gasteiger partial charge is 0.00799 e. The van der Waals surface area contributed by atoms with E-state index in [2.05, 4.69) is 95.5 Å². The molecule has 0 saturated carbocycles. The summed E-state index contributed by atoms with van der Waals surface area (Å²) in [4.78, 5) is 0. The lowest BCUT2D eigenvalue weighted by atomic mass is 9.92. The highest BCUT2D eigenvalue weighted by Gasteiger charge is 2.08. The molecule has 0 atom stereocenters. The first-order valence-electron chi connectivity index (χ1n) is 12.4. The number of terminal acetylenes is 1. The number of hydrogen-bond donors (Lipinski definition) is 1. The summed E-state index contributed by atoms with van der Waals surface area (Å²) in [6.07, 6.45) is 20.9. The minimum Gasteiger partial charge on any atom is -0.330 e. The van der Waals surface area contributed by atoms with Gasteiger partial charge in [0.1, 0.15) is 0 Å². The topological polar surface area (TPSA) is 26.0 Å². The fourth-order valence-electron chi connectivity index (χ4n) is 3.75. The molecular formula is C35H43N. The van der Waals surface area contributed by atoms with Crippen molar-refractivity contribution in [3.63, 3.8) is 0 Å². The van der Waals surface area contributed by atoms with E-state index in [1.165, 1.54) is 26.8 Å². The molecule has 1 heteroatoms. The Morgan fingerprint density at radius 3 is 1.92 bits per heavy atom. The van der Waals surface area contributed by atoms with Crippen LogP contribution in [0.3, 0.4) is 0 Å². The van der Waals surface area contributed by atoms with Crippen molar-refractivity contribution in [3.8, 4) is 12.8 Å². The van der Waals surface area contributed by atoms with Gasteiger partial charge in [-0.1, -0.05) is 108 Å². The maximum atomic E-state index is 5.03. The van der Waals surface area contributed by atoms with Crippen LogP contribution in [0, 0.1) is 12.8 Å². The van der Waals surface area contributed by atoms with Crippen LogP contribution in [0.25, 0.3) is 45.3 Å². The summed E-state index contributed by atoms with van der Waals surface area (Å²) in [6.45, 7) is 27.3. The fourth-order valence-corrected chi connectivity index (χ4v) is 3.75. The molecule has 0 aliphatic heterocycles. The number of nitrogens with two attached hydrogens (primary N) is 1. The Morgan fingerprint density at radius 1 is 0.917 bits per heavy atom. The van der Waals surface area contributed by atoms with Gasteiger partial charge in [0.25, 0.3) is 0 Å². The van der Waals surface area contributed by atoms with Crippen LogP contribution in [0.2, 0.25) is 0 Å². The van der Waals surface area contributed by atoms with Crippen molar-refractivity contribution in [2.75, 3.05) is 6.54 Å². The van der Waals surface area contributed by atoms with Crippen LogP contribution in [0.15, 0.2) is 86.5 Å². The Kier molecular flexibility index (Phi) is 15.7. The van der Waals surface area contributed by atoms with Crippen LogP contribution < -0.4 is 16.2 Å². The van der Waals surface area contributed by atoms with E-state index >= 15 is 0 Å². The average Bonchev–Trinajstić information content (AvgIpc) is 2.94. The molecule has 36 heavy (non-hydrogen) atoms. The van der Waals surface area contributed by atoms with E-state index < -0.39 is 0 Å². The molecule has 3 rings (SSSR count). The second-order valence-corrected chi connectivity index (χ2v) is 7.58. The molecule has 0 saturated heterocycles. The lowest BCUT2D eigenvalue weighted by Crippen LogP contribution is -2.25. The monoisotopic (exact) mass is 477 g/mol. The van der Waals surface area contributed by atoms with Crippen LogP contribution in [0.4, 0.5) is 0 Å². The first-order chi connectivity index (χ1) is 17.5. The van der Waals surface area contributed by atoms with Crippen molar-refractivity contribution < 1.29 is 0 Å². The molecule has 2 N–H and O–H groups in total. The van der Waals surface area contributed by atoms with E-state index in [9.17, 15) is 0 Å². The molecule has 0 unspecified atom stereocenters. The Morgan fingerprint density at radius 2 is 1.44 bits per heavy atom. The van der Waals surface area contributed by atoms with Gasteiger partial charge < -0.3 is 5.73 Å². The molecule has 0 radical (unpaired) electrons. The lowest BCUT2D eigenvalue weighted by Gasteiger charge is -2.11. The van der Waals surface area contributed by atoms with Crippen LogP contribution in [0.1, 0.15) is 52.2 Å². The summed E-state index contributed by atoms with van der Waals surface area (Å²) in [5.74, 6) is 0. The van der Waals surface area contributed by atoms with Crippen molar-refractivity contribution in [2.24, 2.45) is 5.73 Å². The molecular weight excluding hydrogens is 434 g/mol. The number of fused-ring (bicyclic) bond motifs is 3. The molecule has 188 valence electrons. The molecule has 0 aliphatic rings. The SMILES string of the molecule is C#C.C=C/C=C(\C=C)c1ccc2c(c1)/c(=C/C)c(=C)c1cc(C(=C)/C=C\C)ccc12.CC.CCCN. The normalized spacial score (nSPS) is 11.0. The van der Waals surface area contributed by atoms with Gasteiger partial charge in [-0.25, -0.2) is 0 Å². The van der Waals surface area contributed by atoms with Gasteiger partial charge in [0.15, 0.2) is 0 Å². The highest BCUT2D eigenvalue weighted by Crippen LogP contribution is 2.27. The van der Waals surface area contributed by atoms with Crippen molar-refractivity contribution in [3.05, 3.63) is 108 Å². The predicted molar refractivity (Wildman–Crippen MR) is 169 cm³/mol. The lowest BCUT2D eigenvalue weighted by molar-refractivity contribution is 0.932. The number of hydrogen-bond acceptors (Lipinski definition) is 1. The average molecular weight is 478 g/mol. The van der Waals surface area contributed by atoms with E-state index in [1.807, 2.05) is 45.1 Å². The third-order valence-electron chi connectivity index (χ3n) is 5.44. The third-order valence-corrected chi connectivity index (χ3v) is 5.44. The van der Waals surface area contributed by atoms with Crippen LogP contribution in [0.5, 0.6) is 0 Å². The molecule has 3 aromatic carbocycles. The van der Waals surface area contributed by atoms with Gasteiger partial charge in [-0.2, -0.15) is 0 Å². The number of benzene rings is 3. The van der Waals surface area contributed by atoms with E-state index in [0.717, 1.165) is 40.5 Å². The van der Waals surface area contributed by atoms with E-state index in [4.69, 9.17) is 5.73 Å². The van der Waals surface area contributed by atoms with Crippen molar-refractivity contribution >= 4 is 45.3 Å². The fraction of sp³-hybridized carbons (Fsp3) is 0.200. The quantitative estimate of drug-likeness (QED) is 0.216. The zero-order valence-electron chi connectivity index (χ0n) is 22.9. The predicted octanol–water partition coefficient (Wildman–Crippen LogP) is 8.18. The molecule has 0 aromatic heterocycles. The van der Waals surface area contributed by atoms with Crippen LogP contribution >= 0.6 is 0 Å². The van der Waals surface area contributed by atoms with Gasteiger partial charge in [0.05, 0.1) is 0 Å². The third kappa shape index (κ3) is 7.84. The van der Waals surface area contributed by atoms with Gasteiger partial charge in [-0.3, -0.25) is 0 Å². The highest BCUT2D eigenvalue weighted by atomic mass is 14.5. The number of allylic oxidation sites excluding steroid dienone is 7. The second kappa shape index (κ2) is 17.6. The van der Waals surface area contributed by atoms with Gasteiger partial charge in [0.2, 0.25) is 0 Å². The highest BCUT2D eigenvalue weighted by molar-refractivity contribution is 6.09. The van der Waals surface area contributed by atoms with Gasteiger partial charge in [0, 0.05) is 0 Å². The zero-order chi connectivity index (χ0) is 27.7. The largest absolute Gasteiger partial charge is 0.330 e. The van der Waals surface area contributed by atoms with Gasteiger partial charge in [-0.05, 0) is 93.2 Å². The molecule has 1 nitrogen and oxygen atoms in total. The first-order valence-corrected chi connectivity index (χ1v) is 12.4. The molecule has 0 bridgehead atoms. The van der Waals surface area contributed by atoms with E-state index in [0.29, 0.717) is 0 Å². The molecule has 0 heterocycles. The van der Waals surface area contributed by atoms with E-state index in [1.54, 1.807) is 6.08 Å². The first kappa shape index (κ1) is 32.1. The Hall–Kier alpha value is -3.86. The Bertz CT molecular complexity index is 1360. The Balaban J connectivity index is 0.00000137. The van der Waals surface area contributed by atoms with Crippen molar-refractivity contribution in [2.45, 2.75) is 41.0 Å². The van der Waals surface area contributed by atoms with Gasteiger partial charge >= 0.3 is 0 Å². The maximum Gasteiger partial charge on any atom is -0.00799 e. The summed E-state index contributed by atoms with van der Waals surface area (Å²) < 4.78 is 0. The molecule has 0 fully saturated rings. The second-order valence-electron chi connectivity index (χ2n) is 7.58. The number of rotatable bonds is 6. The molecule has 0 aliphatic carbocycles. The van der Waals surface area contributed by atoms with E-state index in [-0.39, 0.29) is 0 Å². The zero-order valence-corrected chi connectivity index (χ0v) is 22.9. The minimum atomic E-state index is 0.819. The minimum absolute atomic E-state index is 0.819. The molecule has 0 amide bonds. The van der Waals surface area contributed by atoms with Gasteiger partial charge in [-0.15, -0.1) is 12.8 Å². The summed E-state index contributed by atoms with van der Waals surface area (Å²) in [7, 11) is 0. The maximum absolute atomic E-state index is 5.03. The Labute approximate surface area is 219 Å². The van der Waals surface area contributed by atoms with Crippen LogP contribution in [-0.4, -0.2) is 6.54 Å². The molecule has 3 aromatic rings. The summed E-state index contributed by atoms with van der Waals surface area (Å²) >= 11 is 0. The summed E-state index contributed by atoms with van der Waals surface area (Å²) in [6, 6.07) is 13.1. The summed E-state index contributed by atoms with van der Waals surface area (Å²) in [5.41, 5.74) is 9.34. The van der Waals surface area contributed by atoms with Crippen molar-refractivity contribution in [1.82, 2.24) is 0 Å². The molecule has 0 spiro atoms. The van der Waals surface area contributed by atoms with Crippen LogP contribution in [-0.2, 0) is 0 Å². The van der Waals surface area contributed by atoms with Crippen molar-refractivity contribution in [1.29, 1.82) is 0 Å². The standard InChI is InChI=1S/C28H26.C3H9N.C2H6.C2H2/c1-7-11-19(5)22-13-15-25-26-16-14-23(21(9-3)12-8-2)18-28(26)24(10-4)20(6)27(25)17-22;1-2-3-4;2*1-2/h7-18H,2-3,5-6H2,1,4H3;2-4H2,1H3;1-2H3;1-2H/b11-7-,21-12+,24-10+;;;. The summed E-state index contributed by atoms with van der Waals surface area (Å²) in [5, 5.41) is 7.02.